The van der Waals surface area contributed by atoms with Gasteiger partial charge in [-0.15, -0.1) is 0 Å². The molecule has 0 fully saturated rings. The lowest BCUT2D eigenvalue weighted by Gasteiger charge is -2.18. The van der Waals surface area contributed by atoms with Gasteiger partial charge in [-0.25, -0.2) is 0 Å². The average Bonchev–Trinajstić information content (AvgIpc) is 3.29. The van der Waals surface area contributed by atoms with E-state index in [4.69, 9.17) is 14.2 Å². The molecule has 64 heavy (non-hydrogen) atoms. The van der Waals surface area contributed by atoms with Crippen LogP contribution in [0.25, 0.3) is 0 Å². The lowest BCUT2D eigenvalue weighted by molar-refractivity contribution is -0.167. The molecule has 352 valence electrons. The SMILES string of the molecule is CC\C=C/C=C\C=C/C=C\C=C/CCCCCC(=O)OC(COC(=O)CCCCC\C=C/C=C\C=C\C=C/C=C\C=C/C=C\CC)COC(=O)CCCCCCC/C=C\C/C=C\CC. The van der Waals surface area contributed by atoms with Crippen molar-refractivity contribution in [3.05, 3.63) is 170 Å². The first-order valence-corrected chi connectivity index (χ1v) is 24.3. The van der Waals surface area contributed by atoms with Crippen molar-refractivity contribution in [2.45, 2.75) is 162 Å². The molecule has 0 saturated carbocycles. The minimum absolute atomic E-state index is 0.128. The van der Waals surface area contributed by atoms with Crippen molar-refractivity contribution in [1.29, 1.82) is 0 Å². The van der Waals surface area contributed by atoms with Crippen LogP contribution in [-0.4, -0.2) is 37.2 Å². The molecular weight excluding hydrogens is 793 g/mol. The number of esters is 3. The summed E-state index contributed by atoms with van der Waals surface area (Å²) in [6.45, 7) is 6.10. The molecule has 6 heteroatoms. The molecule has 1 atom stereocenters. The van der Waals surface area contributed by atoms with Gasteiger partial charge in [0.1, 0.15) is 13.2 Å². The number of ether oxygens (including phenoxy) is 3. The Morgan fingerprint density at radius 3 is 1.06 bits per heavy atom. The zero-order valence-electron chi connectivity index (χ0n) is 40.0. The van der Waals surface area contributed by atoms with E-state index in [2.05, 4.69) is 69.4 Å². The first-order valence-electron chi connectivity index (χ1n) is 24.3. The van der Waals surface area contributed by atoms with Crippen molar-refractivity contribution in [2.24, 2.45) is 0 Å². The van der Waals surface area contributed by atoms with Gasteiger partial charge in [-0.3, -0.25) is 14.4 Å². The number of carbonyl (C=O) groups is 3. The summed E-state index contributed by atoms with van der Waals surface area (Å²) in [5, 5.41) is 0. The molecule has 1 unspecified atom stereocenters. The second kappa shape index (κ2) is 50.4. The largest absolute Gasteiger partial charge is 0.462 e. The number of hydrogen-bond acceptors (Lipinski definition) is 6. The van der Waals surface area contributed by atoms with Gasteiger partial charge in [-0.2, -0.15) is 0 Å². The van der Waals surface area contributed by atoms with E-state index in [1.165, 1.54) is 0 Å². The van der Waals surface area contributed by atoms with Gasteiger partial charge in [0.25, 0.3) is 0 Å². The highest BCUT2D eigenvalue weighted by Gasteiger charge is 2.19. The van der Waals surface area contributed by atoms with Crippen LogP contribution in [0.1, 0.15) is 156 Å². The monoisotopic (exact) mass is 877 g/mol. The zero-order valence-corrected chi connectivity index (χ0v) is 40.0. The van der Waals surface area contributed by atoms with Crippen LogP contribution in [0.5, 0.6) is 0 Å². The Bertz CT molecular complexity index is 1570. The van der Waals surface area contributed by atoms with Crippen LogP contribution < -0.4 is 0 Å². The van der Waals surface area contributed by atoms with E-state index in [0.717, 1.165) is 103 Å². The molecule has 0 amide bonds. The topological polar surface area (TPSA) is 78.9 Å². The van der Waals surface area contributed by atoms with Crippen molar-refractivity contribution < 1.29 is 28.6 Å². The number of allylic oxidation sites excluding steroid dienone is 28. The number of carbonyl (C=O) groups excluding carboxylic acids is 3. The molecule has 0 spiro atoms. The molecule has 0 aromatic carbocycles. The molecule has 0 aromatic heterocycles. The highest BCUT2D eigenvalue weighted by Crippen LogP contribution is 2.11. The van der Waals surface area contributed by atoms with Crippen LogP contribution in [0, 0.1) is 0 Å². The van der Waals surface area contributed by atoms with Crippen molar-refractivity contribution in [3.63, 3.8) is 0 Å². The number of rotatable bonds is 40. The van der Waals surface area contributed by atoms with E-state index in [9.17, 15) is 14.4 Å². The van der Waals surface area contributed by atoms with Gasteiger partial charge in [0.15, 0.2) is 6.10 Å². The molecule has 0 saturated heterocycles. The summed E-state index contributed by atoms with van der Waals surface area (Å²) < 4.78 is 16.7. The molecule has 0 radical (unpaired) electrons. The van der Waals surface area contributed by atoms with Crippen LogP contribution in [0.3, 0.4) is 0 Å². The van der Waals surface area contributed by atoms with Gasteiger partial charge >= 0.3 is 17.9 Å². The summed E-state index contributed by atoms with van der Waals surface area (Å²) in [5.41, 5.74) is 0. The van der Waals surface area contributed by atoms with Crippen LogP contribution in [-0.2, 0) is 28.6 Å². The van der Waals surface area contributed by atoms with Crippen molar-refractivity contribution in [3.8, 4) is 0 Å². The van der Waals surface area contributed by atoms with E-state index >= 15 is 0 Å². The summed E-state index contributed by atoms with van der Waals surface area (Å²) >= 11 is 0. The Morgan fingerprint density at radius 1 is 0.328 bits per heavy atom. The predicted molar refractivity (Wildman–Crippen MR) is 274 cm³/mol. The third-order valence-corrected chi connectivity index (χ3v) is 9.27. The van der Waals surface area contributed by atoms with E-state index in [1.54, 1.807) is 0 Å². The lowest BCUT2D eigenvalue weighted by Crippen LogP contribution is -2.30. The normalized spacial score (nSPS) is 13.6. The van der Waals surface area contributed by atoms with Crippen molar-refractivity contribution >= 4 is 17.9 Å². The first-order chi connectivity index (χ1) is 31.5. The fourth-order valence-electron chi connectivity index (χ4n) is 5.72. The van der Waals surface area contributed by atoms with Gasteiger partial charge in [-0.05, 0) is 83.5 Å². The summed E-state index contributed by atoms with van der Waals surface area (Å²) in [6, 6.07) is 0. The summed E-state index contributed by atoms with van der Waals surface area (Å²) in [4.78, 5) is 37.9. The maximum Gasteiger partial charge on any atom is 0.306 e. The Hall–Kier alpha value is -5.23. The van der Waals surface area contributed by atoms with E-state index in [0.29, 0.717) is 19.3 Å². The van der Waals surface area contributed by atoms with Crippen molar-refractivity contribution in [2.75, 3.05) is 13.2 Å². The zero-order chi connectivity index (χ0) is 46.5. The molecule has 0 rings (SSSR count). The molecule has 6 nitrogen and oxygen atoms in total. The molecule has 0 aromatic rings. The number of hydrogen-bond donors (Lipinski definition) is 0. The lowest BCUT2D eigenvalue weighted by atomic mass is 10.1. The van der Waals surface area contributed by atoms with Crippen LogP contribution in [0.15, 0.2) is 170 Å². The number of unbranched alkanes of at least 4 members (excludes halogenated alkanes) is 11. The van der Waals surface area contributed by atoms with E-state index < -0.39 is 6.10 Å². The second-order valence-electron chi connectivity index (χ2n) is 15.2. The van der Waals surface area contributed by atoms with Gasteiger partial charge in [0, 0.05) is 19.3 Å². The average molecular weight is 877 g/mol. The Morgan fingerprint density at radius 2 is 0.641 bits per heavy atom. The maximum absolute atomic E-state index is 12.8. The highest BCUT2D eigenvalue weighted by molar-refractivity contribution is 5.71. The van der Waals surface area contributed by atoms with Gasteiger partial charge in [-0.1, -0.05) is 223 Å². The molecule has 0 aliphatic carbocycles. The second-order valence-corrected chi connectivity index (χ2v) is 15.2. The summed E-state index contributed by atoms with van der Waals surface area (Å²) in [7, 11) is 0. The third-order valence-electron chi connectivity index (χ3n) is 9.27. The molecule has 0 aliphatic rings. The molecule has 0 N–H and O–H groups in total. The Balaban J connectivity index is 4.63. The minimum Gasteiger partial charge on any atom is -0.462 e. The van der Waals surface area contributed by atoms with Gasteiger partial charge < -0.3 is 14.2 Å². The Labute approximate surface area is 390 Å². The molecular formula is C58H84O6. The minimum atomic E-state index is -0.834. The van der Waals surface area contributed by atoms with Gasteiger partial charge in [0.2, 0.25) is 0 Å². The van der Waals surface area contributed by atoms with Gasteiger partial charge in [0.05, 0.1) is 0 Å². The summed E-state index contributed by atoms with van der Waals surface area (Å²) in [6.07, 6.45) is 74.7. The van der Waals surface area contributed by atoms with Crippen LogP contribution in [0.4, 0.5) is 0 Å². The quantitative estimate of drug-likeness (QED) is 0.0201. The van der Waals surface area contributed by atoms with Crippen LogP contribution >= 0.6 is 0 Å². The standard InChI is InChI=1S/C58H84O6/c1-4-7-10-13-16-19-22-25-27-28-29-30-32-33-36-39-42-45-48-51-57(60)63-54-55(53-62-56(59)50-47-44-41-38-35-24-21-18-15-12-9-6-3)64-58(61)52-49-46-43-40-37-34-31-26-23-20-17-14-11-8-5-2/h7-14,16-23,25-34,36-37,55H,4-6,15,24,35,38-54H2,1-3H3/b10-7-,11-8-,12-9-,16-13-,17-14-,21-18-,22-19-,23-20-,27-25-,29-28+,31-26-,32-30-,36-33-,37-34-. The predicted octanol–water partition coefficient (Wildman–Crippen LogP) is 16.0. The van der Waals surface area contributed by atoms with E-state index in [1.807, 2.05) is 122 Å². The Kier molecular flexibility index (Phi) is 46.3. The van der Waals surface area contributed by atoms with Crippen molar-refractivity contribution in [1.82, 2.24) is 0 Å². The smallest absolute Gasteiger partial charge is 0.306 e. The highest BCUT2D eigenvalue weighted by atomic mass is 16.6. The molecule has 0 bridgehead atoms. The fourth-order valence-corrected chi connectivity index (χ4v) is 5.72. The van der Waals surface area contributed by atoms with E-state index in [-0.39, 0.29) is 44.0 Å². The first kappa shape index (κ1) is 58.8. The summed E-state index contributed by atoms with van der Waals surface area (Å²) in [5.74, 6) is -1.05. The van der Waals surface area contributed by atoms with Crippen LogP contribution in [0.2, 0.25) is 0 Å². The third kappa shape index (κ3) is 47.8. The molecule has 0 heterocycles. The maximum atomic E-state index is 12.8. The fraction of sp³-hybridized carbons (Fsp3) is 0.466. The molecule has 0 aliphatic heterocycles.